The van der Waals surface area contributed by atoms with Gasteiger partial charge in [0.2, 0.25) is 15.7 Å². The highest BCUT2D eigenvalue weighted by Gasteiger charge is 2.24. The van der Waals surface area contributed by atoms with Gasteiger partial charge in [-0.05, 0) is 41.1 Å². The number of nitrogens with one attached hydrogen (secondary N) is 1. The average molecular weight is 463 g/mol. The Bertz CT molecular complexity index is 943. The number of carbonyl (C=O) groups is 2. The van der Waals surface area contributed by atoms with Crippen molar-refractivity contribution >= 4 is 54.4 Å². The van der Waals surface area contributed by atoms with Crippen molar-refractivity contribution in [2.75, 3.05) is 26.0 Å². The van der Waals surface area contributed by atoms with Gasteiger partial charge in [0.15, 0.2) is 5.00 Å². The molecule has 1 N–H and O–H groups in total. The van der Waals surface area contributed by atoms with Crippen molar-refractivity contribution in [2.24, 2.45) is 0 Å². The van der Waals surface area contributed by atoms with Gasteiger partial charge in [0.1, 0.15) is 0 Å². The summed E-state index contributed by atoms with van der Waals surface area (Å²) in [5, 5.41) is 6.27. The molecule has 0 unspecified atom stereocenters. The number of hydrogen-bond donors (Lipinski definition) is 1. The molecule has 0 aliphatic heterocycles. The van der Waals surface area contributed by atoms with Gasteiger partial charge in [-0.3, -0.25) is 4.79 Å². The van der Waals surface area contributed by atoms with Gasteiger partial charge in [0, 0.05) is 35.7 Å². The number of benzene rings is 1. The molecule has 1 aromatic heterocycles. The zero-order chi connectivity index (χ0) is 19.5. The maximum absolute atomic E-state index is 12.5. The summed E-state index contributed by atoms with van der Waals surface area (Å²) in [7, 11) is -0.960. The number of anilines is 1. The quantitative estimate of drug-likeness (QED) is 0.651. The van der Waals surface area contributed by atoms with Crippen LogP contribution in [0, 0.1) is 0 Å². The molecule has 1 aromatic carbocycles. The maximum atomic E-state index is 12.5. The Kier molecular flexibility index (Phi) is 6.44. The third kappa shape index (κ3) is 4.26. The molecule has 0 saturated carbocycles. The van der Waals surface area contributed by atoms with Gasteiger partial charge in [0.05, 0.1) is 11.5 Å². The SMILES string of the molecule is CCOC(=O)c1nnsc1NC(=O)c1ccc(Br)c(S(=O)(=O)N(C)C)c1. The Labute approximate surface area is 162 Å². The highest BCUT2D eigenvalue weighted by atomic mass is 79.9. The van der Waals surface area contributed by atoms with Crippen LogP contribution < -0.4 is 5.32 Å². The molecule has 0 spiro atoms. The lowest BCUT2D eigenvalue weighted by Crippen LogP contribution is -2.23. The van der Waals surface area contributed by atoms with Gasteiger partial charge < -0.3 is 10.1 Å². The van der Waals surface area contributed by atoms with Crippen molar-refractivity contribution in [3.8, 4) is 0 Å². The maximum Gasteiger partial charge on any atom is 0.362 e. The number of nitrogens with zero attached hydrogens (tertiary/aromatic N) is 3. The minimum atomic E-state index is -3.74. The van der Waals surface area contributed by atoms with Gasteiger partial charge in [-0.1, -0.05) is 4.49 Å². The minimum absolute atomic E-state index is 0.0526. The first-order valence-electron chi connectivity index (χ1n) is 7.21. The Hall–Kier alpha value is -1.89. The van der Waals surface area contributed by atoms with Crippen molar-refractivity contribution in [3.63, 3.8) is 0 Å². The Morgan fingerprint density at radius 1 is 1.35 bits per heavy atom. The number of halogens is 1. The second-order valence-electron chi connectivity index (χ2n) is 5.06. The van der Waals surface area contributed by atoms with Crippen LogP contribution in [0.1, 0.15) is 27.8 Å². The molecule has 2 aromatic rings. The number of sulfonamides is 1. The highest BCUT2D eigenvalue weighted by Crippen LogP contribution is 2.26. The van der Waals surface area contributed by atoms with Crippen molar-refractivity contribution < 1.29 is 22.7 Å². The van der Waals surface area contributed by atoms with Gasteiger partial charge in [-0.15, -0.1) is 5.10 Å². The summed E-state index contributed by atoms with van der Waals surface area (Å²) in [6.07, 6.45) is 0. The van der Waals surface area contributed by atoms with Crippen LogP contribution in [-0.2, 0) is 14.8 Å². The molecule has 0 aliphatic carbocycles. The first-order valence-corrected chi connectivity index (χ1v) is 10.2. The normalized spacial score (nSPS) is 11.4. The fraction of sp³-hybridized carbons (Fsp3) is 0.286. The summed E-state index contributed by atoms with van der Waals surface area (Å²) in [4.78, 5) is 24.2. The lowest BCUT2D eigenvalue weighted by molar-refractivity contribution is 0.0520. The molecular formula is C14H15BrN4O5S2. The van der Waals surface area contributed by atoms with E-state index in [1.807, 2.05) is 0 Å². The fourth-order valence-electron chi connectivity index (χ4n) is 1.82. The van der Waals surface area contributed by atoms with E-state index in [1.165, 1.54) is 32.3 Å². The molecule has 2 rings (SSSR count). The van der Waals surface area contributed by atoms with Crippen LogP contribution >= 0.6 is 27.5 Å². The molecule has 0 saturated heterocycles. The van der Waals surface area contributed by atoms with E-state index in [4.69, 9.17) is 4.74 Å². The second kappa shape index (κ2) is 8.20. The van der Waals surface area contributed by atoms with E-state index in [0.29, 0.717) is 4.47 Å². The number of esters is 1. The molecule has 1 heterocycles. The van der Waals surface area contributed by atoms with Crippen LogP contribution in [0.2, 0.25) is 0 Å². The third-order valence-electron chi connectivity index (χ3n) is 3.14. The topological polar surface area (TPSA) is 119 Å². The van der Waals surface area contributed by atoms with Crippen molar-refractivity contribution in [1.82, 2.24) is 13.9 Å². The molecule has 12 heteroatoms. The van der Waals surface area contributed by atoms with E-state index in [0.717, 1.165) is 15.8 Å². The molecule has 0 radical (unpaired) electrons. The Morgan fingerprint density at radius 3 is 2.65 bits per heavy atom. The Balaban J connectivity index is 2.33. The summed E-state index contributed by atoms with van der Waals surface area (Å²) < 4.78 is 34.5. The van der Waals surface area contributed by atoms with Gasteiger partial charge >= 0.3 is 5.97 Å². The van der Waals surface area contributed by atoms with E-state index in [1.54, 1.807) is 6.92 Å². The zero-order valence-corrected chi connectivity index (χ0v) is 17.2. The van der Waals surface area contributed by atoms with Gasteiger partial charge in [-0.2, -0.15) is 0 Å². The lowest BCUT2D eigenvalue weighted by atomic mass is 10.2. The lowest BCUT2D eigenvalue weighted by Gasteiger charge is -2.14. The molecule has 26 heavy (non-hydrogen) atoms. The van der Waals surface area contributed by atoms with E-state index >= 15 is 0 Å². The largest absolute Gasteiger partial charge is 0.461 e. The number of amides is 1. The number of rotatable bonds is 6. The third-order valence-corrected chi connectivity index (χ3v) is 6.59. The summed E-state index contributed by atoms with van der Waals surface area (Å²) in [5.41, 5.74) is -0.0136. The summed E-state index contributed by atoms with van der Waals surface area (Å²) in [6, 6.07) is 4.16. The van der Waals surface area contributed by atoms with Gasteiger partial charge in [-0.25, -0.2) is 17.5 Å². The molecule has 140 valence electrons. The fourth-order valence-corrected chi connectivity index (χ4v) is 4.22. The van der Waals surface area contributed by atoms with Crippen LogP contribution in [-0.4, -0.2) is 54.9 Å². The highest BCUT2D eigenvalue weighted by molar-refractivity contribution is 9.10. The predicted molar refractivity (Wildman–Crippen MR) is 98.8 cm³/mol. The second-order valence-corrected chi connectivity index (χ2v) is 8.79. The van der Waals surface area contributed by atoms with Crippen molar-refractivity contribution in [2.45, 2.75) is 11.8 Å². The Morgan fingerprint density at radius 2 is 2.04 bits per heavy atom. The molecule has 0 aliphatic rings. The first-order chi connectivity index (χ1) is 12.2. The number of hydrogen-bond acceptors (Lipinski definition) is 8. The minimum Gasteiger partial charge on any atom is -0.461 e. The first kappa shape index (κ1) is 20.4. The average Bonchev–Trinajstić information content (AvgIpc) is 3.03. The molecule has 9 nitrogen and oxygen atoms in total. The number of ether oxygens (including phenoxy) is 1. The summed E-state index contributed by atoms with van der Waals surface area (Å²) >= 11 is 3.99. The van der Waals surface area contributed by atoms with E-state index < -0.39 is 21.9 Å². The molecule has 0 fully saturated rings. The van der Waals surface area contributed by atoms with Crippen LogP contribution in [0.15, 0.2) is 27.6 Å². The number of carbonyl (C=O) groups excluding carboxylic acids is 2. The molecular weight excluding hydrogens is 448 g/mol. The summed E-state index contributed by atoms with van der Waals surface area (Å²) in [6.45, 7) is 1.80. The van der Waals surface area contributed by atoms with E-state index in [9.17, 15) is 18.0 Å². The van der Waals surface area contributed by atoms with Crippen LogP contribution in [0.25, 0.3) is 0 Å². The van der Waals surface area contributed by atoms with Gasteiger partial charge in [0.25, 0.3) is 5.91 Å². The van der Waals surface area contributed by atoms with Crippen molar-refractivity contribution in [1.29, 1.82) is 0 Å². The number of aromatic nitrogens is 2. The standard InChI is InChI=1S/C14H15BrN4O5S2/c1-4-24-14(21)11-13(25-18-17-11)16-12(20)8-5-6-9(15)10(7-8)26(22,23)19(2)3/h5-7H,4H2,1-3H3,(H,16,20). The monoisotopic (exact) mass is 462 g/mol. The van der Waals surface area contributed by atoms with E-state index in [-0.39, 0.29) is 27.8 Å². The van der Waals surface area contributed by atoms with Crippen LogP contribution in [0.3, 0.4) is 0 Å². The van der Waals surface area contributed by atoms with E-state index in [2.05, 4.69) is 30.8 Å². The van der Waals surface area contributed by atoms with Crippen molar-refractivity contribution in [3.05, 3.63) is 33.9 Å². The molecule has 0 bridgehead atoms. The molecule has 0 atom stereocenters. The van der Waals surface area contributed by atoms with Crippen LogP contribution in [0.5, 0.6) is 0 Å². The molecule has 1 amide bonds. The smallest absolute Gasteiger partial charge is 0.362 e. The zero-order valence-electron chi connectivity index (χ0n) is 14.0. The predicted octanol–water partition coefficient (Wildman–Crippen LogP) is 1.98. The van der Waals surface area contributed by atoms with Crippen LogP contribution in [0.4, 0.5) is 5.00 Å². The summed E-state index contributed by atoms with van der Waals surface area (Å²) in [5.74, 6) is -1.31.